The van der Waals surface area contributed by atoms with E-state index < -0.39 is 0 Å². The Bertz CT molecular complexity index is 686. The standard InChI is InChI=1S/C17H21N3O2S/c1-12-6-9-23-15(12)17(22)19-10-13-4-2-7-18-16(13)20-8-3-5-14(21)11-20/h2,4,6-7,9,14,21H,3,5,8,10-11H2,1H3,(H,19,22)/t14-/m0/s1. The highest BCUT2D eigenvalue weighted by Gasteiger charge is 2.21. The largest absolute Gasteiger partial charge is 0.391 e. The lowest BCUT2D eigenvalue weighted by Crippen LogP contribution is -2.39. The molecule has 1 fully saturated rings. The minimum Gasteiger partial charge on any atom is -0.391 e. The van der Waals surface area contributed by atoms with Crippen LogP contribution in [0.3, 0.4) is 0 Å². The van der Waals surface area contributed by atoms with E-state index in [4.69, 9.17) is 0 Å². The molecule has 2 aromatic rings. The van der Waals surface area contributed by atoms with E-state index in [0.717, 1.165) is 41.2 Å². The third-order valence-corrected chi connectivity index (χ3v) is 5.09. The van der Waals surface area contributed by atoms with Crippen molar-refractivity contribution in [1.82, 2.24) is 10.3 Å². The van der Waals surface area contributed by atoms with Crippen LogP contribution in [-0.2, 0) is 6.54 Å². The second-order valence-corrected chi connectivity index (χ2v) is 6.76. The van der Waals surface area contributed by atoms with Crippen LogP contribution in [0.4, 0.5) is 5.82 Å². The average Bonchev–Trinajstić information content (AvgIpc) is 2.99. The van der Waals surface area contributed by atoms with Crippen molar-refractivity contribution < 1.29 is 9.90 Å². The zero-order valence-corrected chi connectivity index (χ0v) is 14.0. The number of pyridine rings is 1. The molecular weight excluding hydrogens is 310 g/mol. The summed E-state index contributed by atoms with van der Waals surface area (Å²) in [6.07, 6.45) is 3.25. The number of rotatable bonds is 4. The van der Waals surface area contributed by atoms with Crippen molar-refractivity contribution in [2.75, 3.05) is 18.0 Å². The van der Waals surface area contributed by atoms with Crippen LogP contribution < -0.4 is 10.2 Å². The molecular formula is C17H21N3O2S. The van der Waals surface area contributed by atoms with Crippen LogP contribution >= 0.6 is 11.3 Å². The lowest BCUT2D eigenvalue weighted by atomic mass is 10.1. The number of aromatic nitrogens is 1. The number of hydrogen-bond donors (Lipinski definition) is 2. The van der Waals surface area contributed by atoms with Gasteiger partial charge in [0, 0.05) is 31.4 Å². The van der Waals surface area contributed by atoms with Gasteiger partial charge in [-0.1, -0.05) is 6.07 Å². The van der Waals surface area contributed by atoms with Gasteiger partial charge < -0.3 is 15.3 Å². The predicted octanol–water partition coefficient (Wildman–Crippen LogP) is 2.34. The second kappa shape index (κ2) is 7.10. The quantitative estimate of drug-likeness (QED) is 0.902. The number of piperidine rings is 1. The van der Waals surface area contributed by atoms with Crippen LogP contribution in [0.2, 0.25) is 0 Å². The molecule has 0 saturated carbocycles. The van der Waals surface area contributed by atoms with Crippen molar-refractivity contribution >= 4 is 23.1 Å². The molecule has 1 amide bonds. The number of amides is 1. The molecule has 1 atom stereocenters. The van der Waals surface area contributed by atoms with Gasteiger partial charge in [0.25, 0.3) is 5.91 Å². The number of aryl methyl sites for hydroxylation is 1. The number of carbonyl (C=O) groups excluding carboxylic acids is 1. The molecule has 1 aliphatic heterocycles. The maximum absolute atomic E-state index is 12.3. The molecule has 23 heavy (non-hydrogen) atoms. The van der Waals surface area contributed by atoms with Gasteiger partial charge in [-0.15, -0.1) is 11.3 Å². The highest BCUT2D eigenvalue weighted by Crippen LogP contribution is 2.22. The van der Waals surface area contributed by atoms with Crippen molar-refractivity contribution in [1.29, 1.82) is 0 Å². The summed E-state index contributed by atoms with van der Waals surface area (Å²) in [4.78, 5) is 19.6. The van der Waals surface area contributed by atoms with Crippen LogP contribution in [0.15, 0.2) is 29.8 Å². The highest BCUT2D eigenvalue weighted by molar-refractivity contribution is 7.12. The van der Waals surface area contributed by atoms with Crippen molar-refractivity contribution in [3.63, 3.8) is 0 Å². The summed E-state index contributed by atoms with van der Waals surface area (Å²) >= 11 is 1.45. The first-order valence-electron chi connectivity index (χ1n) is 7.84. The summed E-state index contributed by atoms with van der Waals surface area (Å²) in [5.41, 5.74) is 1.97. The zero-order valence-electron chi connectivity index (χ0n) is 13.2. The van der Waals surface area contributed by atoms with Gasteiger partial charge in [-0.3, -0.25) is 4.79 Å². The molecule has 1 aliphatic rings. The van der Waals surface area contributed by atoms with Gasteiger partial charge in [0.05, 0.1) is 11.0 Å². The van der Waals surface area contributed by atoms with Crippen molar-refractivity contribution in [3.05, 3.63) is 45.8 Å². The Morgan fingerprint density at radius 3 is 3.13 bits per heavy atom. The molecule has 0 spiro atoms. The molecule has 0 unspecified atom stereocenters. The summed E-state index contributed by atoms with van der Waals surface area (Å²) in [5, 5.41) is 14.8. The van der Waals surface area contributed by atoms with Crippen molar-refractivity contribution in [2.45, 2.75) is 32.4 Å². The van der Waals surface area contributed by atoms with E-state index in [9.17, 15) is 9.90 Å². The number of aliphatic hydroxyl groups is 1. The molecule has 5 nitrogen and oxygen atoms in total. The summed E-state index contributed by atoms with van der Waals surface area (Å²) in [5.74, 6) is 0.806. The van der Waals surface area contributed by atoms with Gasteiger partial charge in [-0.05, 0) is 42.8 Å². The zero-order chi connectivity index (χ0) is 16.2. The highest BCUT2D eigenvalue weighted by atomic mass is 32.1. The van der Waals surface area contributed by atoms with Crippen LogP contribution in [0.25, 0.3) is 0 Å². The van der Waals surface area contributed by atoms with Gasteiger partial charge in [0.15, 0.2) is 0 Å². The number of hydrogen-bond acceptors (Lipinski definition) is 5. The second-order valence-electron chi connectivity index (χ2n) is 5.84. The van der Waals surface area contributed by atoms with E-state index in [2.05, 4.69) is 15.2 Å². The van der Waals surface area contributed by atoms with Gasteiger partial charge in [0.2, 0.25) is 0 Å². The fraction of sp³-hybridized carbons (Fsp3) is 0.412. The topological polar surface area (TPSA) is 65.5 Å². The molecule has 0 radical (unpaired) electrons. The monoisotopic (exact) mass is 331 g/mol. The number of aliphatic hydroxyl groups excluding tert-OH is 1. The number of thiophene rings is 1. The lowest BCUT2D eigenvalue weighted by Gasteiger charge is -2.32. The Morgan fingerprint density at radius 1 is 1.52 bits per heavy atom. The molecule has 2 N–H and O–H groups in total. The fourth-order valence-corrected chi connectivity index (χ4v) is 3.70. The summed E-state index contributed by atoms with van der Waals surface area (Å²) < 4.78 is 0. The molecule has 0 aromatic carbocycles. The van der Waals surface area contributed by atoms with Gasteiger partial charge in [0.1, 0.15) is 5.82 Å². The first-order chi connectivity index (χ1) is 11.1. The summed E-state index contributed by atoms with van der Waals surface area (Å²) in [6.45, 7) is 3.86. The molecule has 3 heterocycles. The Morgan fingerprint density at radius 2 is 2.39 bits per heavy atom. The summed E-state index contributed by atoms with van der Waals surface area (Å²) in [6, 6.07) is 5.80. The minimum atomic E-state index is -0.304. The molecule has 3 rings (SSSR count). The number of nitrogens with one attached hydrogen (secondary N) is 1. The third-order valence-electron chi connectivity index (χ3n) is 4.07. The third kappa shape index (κ3) is 3.71. The predicted molar refractivity (Wildman–Crippen MR) is 91.9 cm³/mol. The molecule has 1 saturated heterocycles. The van der Waals surface area contributed by atoms with Crippen molar-refractivity contribution in [3.8, 4) is 0 Å². The minimum absolute atomic E-state index is 0.0500. The molecule has 0 aliphatic carbocycles. The van der Waals surface area contributed by atoms with E-state index in [-0.39, 0.29) is 12.0 Å². The van der Waals surface area contributed by atoms with Crippen LogP contribution in [0, 0.1) is 6.92 Å². The molecule has 6 heteroatoms. The maximum atomic E-state index is 12.3. The average molecular weight is 331 g/mol. The lowest BCUT2D eigenvalue weighted by molar-refractivity contribution is 0.0954. The Hall–Kier alpha value is -1.92. The first kappa shape index (κ1) is 16.0. The van der Waals surface area contributed by atoms with E-state index >= 15 is 0 Å². The van der Waals surface area contributed by atoms with Gasteiger partial charge in [-0.25, -0.2) is 4.98 Å². The van der Waals surface area contributed by atoms with E-state index in [1.807, 2.05) is 30.5 Å². The Balaban J connectivity index is 1.71. The van der Waals surface area contributed by atoms with Crippen LogP contribution in [-0.4, -0.2) is 35.2 Å². The molecule has 2 aromatic heterocycles. The van der Waals surface area contributed by atoms with E-state index in [0.29, 0.717) is 13.1 Å². The van der Waals surface area contributed by atoms with Crippen LogP contribution in [0.5, 0.6) is 0 Å². The van der Waals surface area contributed by atoms with E-state index in [1.54, 1.807) is 6.20 Å². The smallest absolute Gasteiger partial charge is 0.261 e. The number of carbonyl (C=O) groups is 1. The first-order valence-corrected chi connectivity index (χ1v) is 8.72. The Kier molecular flexibility index (Phi) is 4.93. The fourth-order valence-electron chi connectivity index (χ4n) is 2.86. The summed E-state index contributed by atoms with van der Waals surface area (Å²) in [7, 11) is 0. The van der Waals surface area contributed by atoms with Crippen LogP contribution in [0.1, 0.15) is 33.6 Å². The Labute approximate surface area is 140 Å². The number of nitrogens with zero attached hydrogens (tertiary/aromatic N) is 2. The molecule has 122 valence electrons. The van der Waals surface area contributed by atoms with Gasteiger partial charge in [-0.2, -0.15) is 0 Å². The maximum Gasteiger partial charge on any atom is 0.261 e. The SMILES string of the molecule is Cc1ccsc1C(=O)NCc1cccnc1N1CCC[C@H](O)C1. The molecule has 0 bridgehead atoms. The van der Waals surface area contributed by atoms with Crippen molar-refractivity contribution in [2.24, 2.45) is 0 Å². The number of β-amino-alcohol motifs (C(OH)–C–C–N with tert-alkyl or cyclic N) is 1. The number of anilines is 1. The van der Waals surface area contributed by atoms with Gasteiger partial charge >= 0.3 is 0 Å². The normalized spacial score (nSPS) is 18.0. The van der Waals surface area contributed by atoms with E-state index in [1.165, 1.54) is 11.3 Å².